The Labute approximate surface area is 185 Å². The lowest BCUT2D eigenvalue weighted by Crippen LogP contribution is -2.06. The summed E-state index contributed by atoms with van der Waals surface area (Å²) in [5, 5.41) is 17.2. The Hall–Kier alpha value is -3.78. The maximum absolute atomic E-state index is 13.5. The van der Waals surface area contributed by atoms with Crippen LogP contribution in [-0.2, 0) is 16.3 Å². The second-order valence-electron chi connectivity index (χ2n) is 7.37. The van der Waals surface area contributed by atoms with E-state index in [2.05, 4.69) is 10.3 Å². The third-order valence-corrected chi connectivity index (χ3v) is 6.90. The van der Waals surface area contributed by atoms with Gasteiger partial charge in [0, 0.05) is 5.56 Å². The van der Waals surface area contributed by atoms with Crippen molar-refractivity contribution >= 4 is 15.8 Å². The molecule has 0 amide bonds. The maximum Gasteiger partial charge on any atom is 0.335 e. The Bertz CT molecular complexity index is 1370. The first-order valence-corrected chi connectivity index (χ1v) is 11.5. The molecule has 1 aromatic heterocycles. The zero-order chi connectivity index (χ0) is 22.9. The molecule has 1 N–H and O–H groups in total. The molecule has 0 aliphatic heterocycles. The molecule has 0 fully saturated rings. The van der Waals surface area contributed by atoms with Gasteiger partial charge in [-0.2, -0.15) is 0 Å². The topological polar surface area (TPSA) is 102 Å². The number of hydrogen-bond acceptors (Lipinski definition) is 5. The summed E-state index contributed by atoms with van der Waals surface area (Å²) in [5.74, 6) is -1.05. The molecule has 0 aliphatic rings. The number of rotatable bonds is 6. The van der Waals surface area contributed by atoms with Gasteiger partial charge in [-0.25, -0.2) is 17.9 Å². The van der Waals surface area contributed by atoms with Gasteiger partial charge in [0.15, 0.2) is 0 Å². The Balaban J connectivity index is 1.91. The highest BCUT2D eigenvalue weighted by molar-refractivity contribution is 7.91. The van der Waals surface area contributed by atoms with E-state index in [9.17, 15) is 13.2 Å². The molecule has 0 radical (unpaired) electrons. The Morgan fingerprint density at radius 3 is 2.12 bits per heavy atom. The number of aryl methyl sites for hydroxylation is 2. The highest BCUT2D eigenvalue weighted by Crippen LogP contribution is 2.32. The highest BCUT2D eigenvalue weighted by Gasteiger charge is 2.29. The van der Waals surface area contributed by atoms with Gasteiger partial charge < -0.3 is 5.11 Å². The zero-order valence-corrected chi connectivity index (χ0v) is 18.4. The number of benzene rings is 3. The van der Waals surface area contributed by atoms with E-state index in [-0.39, 0.29) is 15.5 Å². The second kappa shape index (κ2) is 8.39. The first-order chi connectivity index (χ1) is 15.3. The summed E-state index contributed by atoms with van der Waals surface area (Å²) in [6.07, 6.45) is 0.803. The number of carboxylic acids is 1. The van der Waals surface area contributed by atoms with Gasteiger partial charge in [0.1, 0.15) is 5.69 Å². The molecule has 0 saturated carbocycles. The number of aromatic carboxylic acids is 1. The number of hydrogen-bond donors (Lipinski definition) is 1. The molecular formula is C24H21N3O4S. The Kier molecular flexibility index (Phi) is 5.63. The minimum absolute atomic E-state index is 0.120. The summed E-state index contributed by atoms with van der Waals surface area (Å²) >= 11 is 0. The molecule has 32 heavy (non-hydrogen) atoms. The van der Waals surface area contributed by atoms with Crippen LogP contribution < -0.4 is 0 Å². The summed E-state index contributed by atoms with van der Waals surface area (Å²) in [6, 6.07) is 20.1. The molecule has 1 heterocycles. The van der Waals surface area contributed by atoms with Gasteiger partial charge in [0.05, 0.1) is 16.1 Å². The average Bonchev–Trinajstić information content (AvgIpc) is 3.26. The molecule has 0 aliphatic carbocycles. The van der Waals surface area contributed by atoms with Crippen LogP contribution in [-0.4, -0.2) is 34.5 Å². The van der Waals surface area contributed by atoms with E-state index in [4.69, 9.17) is 5.11 Å². The number of aromatic nitrogens is 3. The van der Waals surface area contributed by atoms with Crippen LogP contribution in [0.2, 0.25) is 0 Å². The predicted octanol–water partition coefficient (Wildman–Crippen LogP) is 4.34. The first kappa shape index (κ1) is 21.5. The number of carbonyl (C=O) groups is 1. The fraction of sp³-hybridized carbons (Fsp3) is 0.125. The van der Waals surface area contributed by atoms with Gasteiger partial charge in [-0.05, 0) is 55.3 Å². The Morgan fingerprint density at radius 2 is 1.56 bits per heavy atom. The van der Waals surface area contributed by atoms with Gasteiger partial charge in [0.25, 0.3) is 0 Å². The second-order valence-corrected chi connectivity index (χ2v) is 9.24. The van der Waals surface area contributed by atoms with E-state index >= 15 is 0 Å². The van der Waals surface area contributed by atoms with Crippen molar-refractivity contribution in [2.24, 2.45) is 0 Å². The van der Waals surface area contributed by atoms with Crippen molar-refractivity contribution in [3.8, 4) is 16.9 Å². The fourth-order valence-corrected chi connectivity index (χ4v) is 4.67. The smallest absolute Gasteiger partial charge is 0.335 e. The van der Waals surface area contributed by atoms with Crippen LogP contribution in [0.4, 0.5) is 0 Å². The molecule has 0 atom stereocenters. The normalized spacial score (nSPS) is 11.4. The summed E-state index contributed by atoms with van der Waals surface area (Å²) < 4.78 is 28.4. The molecule has 7 nitrogen and oxygen atoms in total. The zero-order valence-electron chi connectivity index (χ0n) is 17.6. The summed E-state index contributed by atoms with van der Waals surface area (Å²) in [6.45, 7) is 3.94. The van der Waals surface area contributed by atoms with Crippen LogP contribution in [0.1, 0.15) is 28.4 Å². The lowest BCUT2D eigenvalue weighted by Gasteiger charge is -2.10. The van der Waals surface area contributed by atoms with Gasteiger partial charge >= 0.3 is 5.97 Å². The molecule has 162 valence electrons. The Morgan fingerprint density at radius 1 is 0.938 bits per heavy atom. The van der Waals surface area contributed by atoms with E-state index < -0.39 is 15.8 Å². The largest absolute Gasteiger partial charge is 0.478 e. The quantitative estimate of drug-likeness (QED) is 0.472. The molecular weight excluding hydrogens is 426 g/mol. The minimum Gasteiger partial charge on any atom is -0.478 e. The van der Waals surface area contributed by atoms with Crippen LogP contribution in [0, 0.1) is 6.92 Å². The molecule has 3 aromatic carbocycles. The third-order valence-electron chi connectivity index (χ3n) is 5.22. The van der Waals surface area contributed by atoms with Crippen molar-refractivity contribution in [1.29, 1.82) is 0 Å². The van der Waals surface area contributed by atoms with Crippen LogP contribution in [0.25, 0.3) is 16.9 Å². The number of carboxylic acid groups (broad SMARTS) is 1. The van der Waals surface area contributed by atoms with Crippen molar-refractivity contribution in [3.63, 3.8) is 0 Å². The van der Waals surface area contributed by atoms with Gasteiger partial charge in [-0.3, -0.25) is 0 Å². The first-order valence-electron chi connectivity index (χ1n) is 10.0. The van der Waals surface area contributed by atoms with Crippen molar-refractivity contribution in [2.75, 3.05) is 0 Å². The van der Waals surface area contributed by atoms with Crippen molar-refractivity contribution in [3.05, 3.63) is 89.5 Å². The van der Waals surface area contributed by atoms with E-state index in [1.54, 1.807) is 36.4 Å². The predicted molar refractivity (Wildman–Crippen MR) is 120 cm³/mol. The number of sulfone groups is 1. The van der Waals surface area contributed by atoms with Crippen LogP contribution in [0.15, 0.2) is 82.7 Å². The molecule has 4 aromatic rings. The molecule has 8 heteroatoms. The van der Waals surface area contributed by atoms with E-state index in [1.165, 1.54) is 16.8 Å². The molecule has 0 spiro atoms. The molecule has 4 rings (SSSR count). The van der Waals surface area contributed by atoms with E-state index in [0.29, 0.717) is 16.9 Å². The standard InChI is InChI=1S/C24H21N3O4S/c1-3-17-6-14-21(15-7-17)32(30,31)23-22(18-8-4-16(2)5-9-18)27(26-25-23)20-12-10-19(11-13-20)24(28)29/h4-15H,3H2,1-2H3,(H,28,29). The van der Waals surface area contributed by atoms with E-state index in [1.807, 2.05) is 38.1 Å². The van der Waals surface area contributed by atoms with Crippen LogP contribution in [0.5, 0.6) is 0 Å². The van der Waals surface area contributed by atoms with E-state index in [0.717, 1.165) is 17.5 Å². The maximum atomic E-state index is 13.5. The van der Waals surface area contributed by atoms with Crippen LogP contribution >= 0.6 is 0 Å². The van der Waals surface area contributed by atoms with Crippen molar-refractivity contribution in [1.82, 2.24) is 15.0 Å². The minimum atomic E-state index is -3.95. The van der Waals surface area contributed by atoms with Crippen molar-refractivity contribution in [2.45, 2.75) is 30.2 Å². The summed E-state index contributed by atoms with van der Waals surface area (Å²) in [5.41, 5.74) is 3.62. The summed E-state index contributed by atoms with van der Waals surface area (Å²) in [7, 11) is -3.95. The van der Waals surface area contributed by atoms with Crippen LogP contribution in [0.3, 0.4) is 0 Å². The number of nitrogens with zero attached hydrogens (tertiary/aromatic N) is 3. The molecule has 0 unspecified atom stereocenters. The van der Waals surface area contributed by atoms with Crippen molar-refractivity contribution < 1.29 is 18.3 Å². The van der Waals surface area contributed by atoms with Gasteiger partial charge in [0.2, 0.25) is 14.9 Å². The van der Waals surface area contributed by atoms with Gasteiger partial charge in [-0.15, -0.1) is 5.10 Å². The fourth-order valence-electron chi connectivity index (χ4n) is 3.35. The lowest BCUT2D eigenvalue weighted by atomic mass is 10.1. The average molecular weight is 448 g/mol. The highest BCUT2D eigenvalue weighted by atomic mass is 32.2. The van der Waals surface area contributed by atoms with Gasteiger partial charge in [-0.1, -0.05) is 54.1 Å². The third kappa shape index (κ3) is 3.92. The lowest BCUT2D eigenvalue weighted by molar-refractivity contribution is 0.0697. The summed E-state index contributed by atoms with van der Waals surface area (Å²) in [4.78, 5) is 11.3. The molecule has 0 bridgehead atoms. The SMILES string of the molecule is CCc1ccc(S(=O)(=O)c2nnn(-c3ccc(C(=O)O)cc3)c2-c2ccc(C)cc2)cc1. The monoisotopic (exact) mass is 447 g/mol. The molecule has 0 saturated heterocycles.